The molecular formula is C25H34N4O3S. The van der Waals surface area contributed by atoms with Gasteiger partial charge in [-0.05, 0) is 56.8 Å². The number of carbonyl (C=O) groups excluding carboxylic acids is 2. The van der Waals surface area contributed by atoms with Gasteiger partial charge in [0.15, 0.2) is 5.13 Å². The quantitative estimate of drug-likeness (QED) is 0.631. The van der Waals surface area contributed by atoms with Crippen molar-refractivity contribution >= 4 is 28.3 Å². The highest BCUT2D eigenvalue weighted by molar-refractivity contribution is 7.13. The van der Waals surface area contributed by atoms with Gasteiger partial charge in [0, 0.05) is 30.9 Å². The maximum atomic E-state index is 12.7. The molecule has 178 valence electrons. The van der Waals surface area contributed by atoms with E-state index in [9.17, 15) is 9.59 Å². The minimum Gasteiger partial charge on any atom is -0.493 e. The van der Waals surface area contributed by atoms with Crippen LogP contribution in [0.4, 0.5) is 5.13 Å². The van der Waals surface area contributed by atoms with E-state index in [1.807, 2.05) is 40.6 Å². The lowest BCUT2D eigenvalue weighted by Gasteiger charge is -2.31. The van der Waals surface area contributed by atoms with Gasteiger partial charge in [0.05, 0.1) is 18.7 Å². The normalized spacial score (nSPS) is 18.3. The van der Waals surface area contributed by atoms with Crippen LogP contribution < -0.4 is 10.1 Å². The molecular weight excluding hydrogens is 436 g/mol. The molecule has 0 spiro atoms. The second kappa shape index (κ2) is 11.6. The monoisotopic (exact) mass is 470 g/mol. The van der Waals surface area contributed by atoms with E-state index in [0.29, 0.717) is 44.1 Å². The number of hydrogen-bond acceptors (Lipinski definition) is 6. The number of anilines is 1. The first-order chi connectivity index (χ1) is 16.1. The molecule has 2 fully saturated rings. The Kier molecular flexibility index (Phi) is 8.34. The van der Waals surface area contributed by atoms with Crippen molar-refractivity contribution in [3.8, 4) is 5.75 Å². The van der Waals surface area contributed by atoms with E-state index < -0.39 is 0 Å². The summed E-state index contributed by atoms with van der Waals surface area (Å²) in [7, 11) is 0. The standard InChI is InChI=1S/C25H34N4O3S/c1-19-7-12-28(13-8-19)17-21-18-33-25(26-21)27-24(31)20-9-14-29(15-10-20)23(30)11-16-32-22-5-3-2-4-6-22/h2-6,18-20H,7-17H2,1H3,(H,26,27,31). The predicted octanol–water partition coefficient (Wildman–Crippen LogP) is 4.02. The Hall–Kier alpha value is -2.45. The maximum absolute atomic E-state index is 12.7. The zero-order valence-electron chi connectivity index (χ0n) is 19.4. The zero-order valence-corrected chi connectivity index (χ0v) is 20.2. The van der Waals surface area contributed by atoms with Crippen LogP contribution in [0.2, 0.25) is 0 Å². The molecule has 2 aliphatic heterocycles. The minimum absolute atomic E-state index is 0.0159. The number of hydrogen-bond donors (Lipinski definition) is 1. The van der Waals surface area contributed by atoms with E-state index in [2.05, 4.69) is 22.1 Å². The Bertz CT molecular complexity index is 903. The van der Waals surface area contributed by atoms with Crippen molar-refractivity contribution in [3.05, 3.63) is 41.4 Å². The molecule has 0 saturated carbocycles. The molecule has 2 aromatic rings. The third kappa shape index (κ3) is 7.01. The molecule has 0 atom stereocenters. The summed E-state index contributed by atoms with van der Waals surface area (Å²) in [5, 5.41) is 5.73. The van der Waals surface area contributed by atoms with Crippen molar-refractivity contribution in [2.75, 3.05) is 38.1 Å². The first-order valence-corrected chi connectivity index (χ1v) is 12.9. The van der Waals surface area contributed by atoms with Gasteiger partial charge in [-0.2, -0.15) is 0 Å². The van der Waals surface area contributed by atoms with Gasteiger partial charge in [-0.15, -0.1) is 11.3 Å². The molecule has 7 nitrogen and oxygen atoms in total. The minimum atomic E-state index is -0.0782. The predicted molar refractivity (Wildman–Crippen MR) is 130 cm³/mol. The van der Waals surface area contributed by atoms with E-state index in [1.165, 1.54) is 24.2 Å². The van der Waals surface area contributed by atoms with Crippen LogP contribution in [0.25, 0.3) is 0 Å². The first-order valence-electron chi connectivity index (χ1n) is 12.0. The van der Waals surface area contributed by atoms with Crippen LogP contribution in [0.5, 0.6) is 5.75 Å². The van der Waals surface area contributed by atoms with Crippen LogP contribution in [0, 0.1) is 11.8 Å². The average molecular weight is 471 g/mol. The summed E-state index contributed by atoms with van der Waals surface area (Å²) in [6, 6.07) is 9.52. The molecule has 0 radical (unpaired) electrons. The number of rotatable bonds is 8. The lowest BCUT2D eigenvalue weighted by atomic mass is 9.96. The molecule has 1 N–H and O–H groups in total. The highest BCUT2D eigenvalue weighted by atomic mass is 32.1. The summed E-state index contributed by atoms with van der Waals surface area (Å²) in [4.78, 5) is 34.1. The van der Waals surface area contributed by atoms with E-state index in [1.54, 1.807) is 0 Å². The molecule has 1 aromatic carbocycles. The van der Waals surface area contributed by atoms with Crippen molar-refractivity contribution in [1.29, 1.82) is 0 Å². The fourth-order valence-electron chi connectivity index (χ4n) is 4.42. The maximum Gasteiger partial charge on any atom is 0.229 e. The number of nitrogens with zero attached hydrogens (tertiary/aromatic N) is 3. The summed E-state index contributed by atoms with van der Waals surface area (Å²) in [6.45, 7) is 7.00. The number of likely N-dealkylation sites (tertiary alicyclic amines) is 2. The number of benzene rings is 1. The van der Waals surface area contributed by atoms with Crippen LogP contribution in [0.1, 0.15) is 44.7 Å². The Morgan fingerprint density at radius 1 is 1.09 bits per heavy atom. The molecule has 1 aromatic heterocycles. The third-order valence-electron chi connectivity index (χ3n) is 6.59. The molecule has 33 heavy (non-hydrogen) atoms. The number of thiazole rings is 1. The molecule has 0 unspecified atom stereocenters. The lowest BCUT2D eigenvalue weighted by molar-refractivity contribution is -0.135. The number of para-hydroxylation sites is 1. The summed E-state index contributed by atoms with van der Waals surface area (Å²) in [5.41, 5.74) is 1.03. The molecule has 2 aliphatic rings. The molecule has 0 aliphatic carbocycles. The van der Waals surface area contributed by atoms with Crippen LogP contribution >= 0.6 is 11.3 Å². The lowest BCUT2D eigenvalue weighted by Crippen LogP contribution is -2.41. The molecule has 2 saturated heterocycles. The number of ether oxygens (including phenoxy) is 1. The SMILES string of the molecule is CC1CCN(Cc2csc(NC(=O)C3CCN(C(=O)CCOc4ccccc4)CC3)n2)CC1. The van der Waals surface area contributed by atoms with Gasteiger partial charge in [-0.25, -0.2) is 4.98 Å². The van der Waals surface area contributed by atoms with E-state index >= 15 is 0 Å². The van der Waals surface area contributed by atoms with Crippen LogP contribution in [0.15, 0.2) is 35.7 Å². The third-order valence-corrected chi connectivity index (χ3v) is 7.40. The highest BCUT2D eigenvalue weighted by Gasteiger charge is 2.28. The second-order valence-electron chi connectivity index (χ2n) is 9.16. The fraction of sp³-hybridized carbons (Fsp3) is 0.560. The van der Waals surface area contributed by atoms with Gasteiger partial charge in [0.2, 0.25) is 11.8 Å². The van der Waals surface area contributed by atoms with Gasteiger partial charge in [0.25, 0.3) is 0 Å². The summed E-state index contributed by atoms with van der Waals surface area (Å²) < 4.78 is 5.63. The Morgan fingerprint density at radius 3 is 2.55 bits per heavy atom. The molecule has 2 amide bonds. The largest absolute Gasteiger partial charge is 0.493 e. The number of carbonyl (C=O) groups is 2. The Morgan fingerprint density at radius 2 is 1.82 bits per heavy atom. The summed E-state index contributed by atoms with van der Waals surface area (Å²) in [5.74, 6) is 1.61. The number of amides is 2. The molecule has 8 heteroatoms. The summed E-state index contributed by atoms with van der Waals surface area (Å²) >= 11 is 1.50. The molecule has 0 bridgehead atoms. The molecule has 4 rings (SSSR count). The van der Waals surface area contributed by atoms with E-state index in [-0.39, 0.29) is 17.7 Å². The van der Waals surface area contributed by atoms with Crippen molar-refractivity contribution in [3.63, 3.8) is 0 Å². The van der Waals surface area contributed by atoms with Crippen LogP contribution in [-0.2, 0) is 16.1 Å². The van der Waals surface area contributed by atoms with Gasteiger partial charge in [-0.1, -0.05) is 25.1 Å². The van der Waals surface area contributed by atoms with E-state index in [0.717, 1.165) is 37.0 Å². The Balaban J connectivity index is 1.16. The molecule has 3 heterocycles. The van der Waals surface area contributed by atoms with Gasteiger partial charge < -0.3 is 15.0 Å². The second-order valence-corrected chi connectivity index (χ2v) is 10.0. The highest BCUT2D eigenvalue weighted by Crippen LogP contribution is 2.24. The van der Waals surface area contributed by atoms with Crippen molar-refractivity contribution in [1.82, 2.24) is 14.8 Å². The fourth-order valence-corrected chi connectivity index (χ4v) is 5.12. The number of piperidine rings is 2. The smallest absolute Gasteiger partial charge is 0.229 e. The first kappa shape index (κ1) is 23.7. The zero-order chi connectivity index (χ0) is 23.0. The number of aromatic nitrogens is 1. The summed E-state index contributed by atoms with van der Waals surface area (Å²) in [6.07, 6.45) is 4.20. The Labute approximate surface area is 200 Å². The van der Waals surface area contributed by atoms with E-state index in [4.69, 9.17) is 4.74 Å². The van der Waals surface area contributed by atoms with Crippen molar-refractivity contribution in [2.45, 2.75) is 45.6 Å². The topological polar surface area (TPSA) is 74.8 Å². The van der Waals surface area contributed by atoms with Gasteiger partial charge >= 0.3 is 0 Å². The van der Waals surface area contributed by atoms with Crippen LogP contribution in [-0.4, -0.2) is 59.4 Å². The van der Waals surface area contributed by atoms with Crippen molar-refractivity contribution < 1.29 is 14.3 Å². The van der Waals surface area contributed by atoms with Gasteiger partial charge in [0.1, 0.15) is 5.75 Å². The number of nitrogens with one attached hydrogen (secondary N) is 1. The van der Waals surface area contributed by atoms with Crippen LogP contribution in [0.3, 0.4) is 0 Å². The van der Waals surface area contributed by atoms with Gasteiger partial charge in [-0.3, -0.25) is 14.5 Å². The van der Waals surface area contributed by atoms with Crippen molar-refractivity contribution in [2.24, 2.45) is 11.8 Å². The average Bonchev–Trinajstić information content (AvgIpc) is 3.28.